The maximum atomic E-state index is 13.6. The molecule has 0 aliphatic carbocycles. The van der Waals surface area contributed by atoms with Crippen molar-refractivity contribution in [3.05, 3.63) is 106 Å². The van der Waals surface area contributed by atoms with Crippen LogP contribution in [0.5, 0.6) is 5.75 Å². The van der Waals surface area contributed by atoms with Gasteiger partial charge in [-0.15, -0.1) is 11.8 Å². The molecule has 182 valence electrons. The standard InChI is InChI=1S/C29H23F2NO3S/c1-17(29(33)34)16-36-28-22-5-3-2-4-20(22)15-35-27-11-7-18(12-23(27)28)6-9-21-10-8-19-13-24(30)25(31)14-26(19)32-21/h2-14,17,28H,15-16H2,1H3,(H,33,34)/b9-6+. The van der Waals surface area contributed by atoms with E-state index in [1.54, 1.807) is 30.8 Å². The largest absolute Gasteiger partial charge is 0.489 e. The number of carboxylic acid groups (broad SMARTS) is 1. The van der Waals surface area contributed by atoms with E-state index < -0.39 is 23.5 Å². The number of ether oxygens (including phenoxy) is 1. The molecule has 0 spiro atoms. The number of halogens is 2. The number of carbonyl (C=O) groups is 1. The quantitative estimate of drug-likeness (QED) is 0.304. The van der Waals surface area contributed by atoms with Crippen molar-refractivity contribution in [3.63, 3.8) is 0 Å². The molecule has 0 fully saturated rings. The highest BCUT2D eigenvalue weighted by Crippen LogP contribution is 2.45. The van der Waals surface area contributed by atoms with Crippen molar-refractivity contribution in [2.45, 2.75) is 18.8 Å². The van der Waals surface area contributed by atoms with Crippen LogP contribution in [0.1, 0.15) is 40.1 Å². The zero-order valence-electron chi connectivity index (χ0n) is 19.4. The fourth-order valence-corrected chi connectivity index (χ4v) is 5.55. The minimum absolute atomic E-state index is 0.0782. The van der Waals surface area contributed by atoms with Gasteiger partial charge in [-0.3, -0.25) is 4.79 Å². The van der Waals surface area contributed by atoms with Crippen molar-refractivity contribution in [2.24, 2.45) is 5.92 Å². The summed E-state index contributed by atoms with van der Waals surface area (Å²) in [5.74, 6) is -1.88. The lowest BCUT2D eigenvalue weighted by molar-refractivity contribution is -0.140. The number of thioether (sulfide) groups is 1. The van der Waals surface area contributed by atoms with E-state index in [9.17, 15) is 18.7 Å². The number of hydrogen-bond donors (Lipinski definition) is 1. The molecule has 2 heterocycles. The SMILES string of the molecule is CC(CSC1c2ccccc2COc2ccc(/C=C/c3ccc4cc(F)c(F)cc4n3)cc21)C(=O)O. The molecule has 1 aliphatic rings. The third kappa shape index (κ3) is 4.97. The van der Waals surface area contributed by atoms with Crippen molar-refractivity contribution >= 4 is 40.8 Å². The summed E-state index contributed by atoms with van der Waals surface area (Å²) in [6.07, 6.45) is 3.73. The maximum absolute atomic E-state index is 13.6. The van der Waals surface area contributed by atoms with Crippen molar-refractivity contribution in [2.75, 3.05) is 5.75 Å². The van der Waals surface area contributed by atoms with Gasteiger partial charge in [-0.25, -0.2) is 13.8 Å². The van der Waals surface area contributed by atoms with Crippen LogP contribution in [-0.2, 0) is 11.4 Å². The van der Waals surface area contributed by atoms with Gasteiger partial charge in [-0.1, -0.05) is 49.4 Å². The van der Waals surface area contributed by atoms with Crippen LogP contribution in [0, 0.1) is 17.6 Å². The van der Waals surface area contributed by atoms with Gasteiger partial charge in [-0.05, 0) is 47.0 Å². The summed E-state index contributed by atoms with van der Waals surface area (Å²) in [7, 11) is 0. The number of carboxylic acids is 1. The van der Waals surface area contributed by atoms with Crippen LogP contribution in [0.2, 0.25) is 0 Å². The van der Waals surface area contributed by atoms with Gasteiger partial charge in [0.15, 0.2) is 11.6 Å². The van der Waals surface area contributed by atoms with Crippen LogP contribution in [0.25, 0.3) is 23.1 Å². The maximum Gasteiger partial charge on any atom is 0.307 e. The normalized spacial score (nSPS) is 15.7. The monoisotopic (exact) mass is 503 g/mol. The van der Waals surface area contributed by atoms with E-state index in [1.165, 1.54) is 0 Å². The second-order valence-electron chi connectivity index (χ2n) is 8.77. The molecular formula is C29H23F2NO3S. The molecule has 0 radical (unpaired) electrons. The van der Waals surface area contributed by atoms with Gasteiger partial charge in [0.05, 0.1) is 22.4 Å². The molecule has 3 aromatic carbocycles. The van der Waals surface area contributed by atoms with Crippen LogP contribution in [-0.4, -0.2) is 21.8 Å². The van der Waals surface area contributed by atoms with Gasteiger partial charge < -0.3 is 9.84 Å². The Labute approximate surface area is 211 Å². The summed E-state index contributed by atoms with van der Waals surface area (Å²) in [5.41, 5.74) is 5.09. The summed E-state index contributed by atoms with van der Waals surface area (Å²) in [5, 5.41) is 9.83. The lowest BCUT2D eigenvalue weighted by atomic mass is 9.98. The smallest absolute Gasteiger partial charge is 0.307 e. The third-order valence-corrected chi connectivity index (χ3v) is 7.70. The summed E-state index contributed by atoms with van der Waals surface area (Å²) < 4.78 is 33.2. The topological polar surface area (TPSA) is 59.4 Å². The summed E-state index contributed by atoms with van der Waals surface area (Å²) >= 11 is 1.60. The number of nitrogens with zero attached hydrogens (tertiary/aromatic N) is 1. The molecule has 4 nitrogen and oxygen atoms in total. The molecule has 1 aliphatic heterocycles. The molecule has 1 N–H and O–H groups in total. The Morgan fingerprint density at radius 1 is 1.08 bits per heavy atom. The van der Waals surface area contributed by atoms with E-state index in [2.05, 4.69) is 11.1 Å². The van der Waals surface area contributed by atoms with Crippen LogP contribution in [0.3, 0.4) is 0 Å². The number of aliphatic carboxylic acids is 1. The first kappa shape index (κ1) is 24.0. The number of benzene rings is 3. The number of hydrogen-bond acceptors (Lipinski definition) is 4. The van der Waals surface area contributed by atoms with Gasteiger partial charge in [-0.2, -0.15) is 0 Å². The lowest BCUT2D eigenvalue weighted by Gasteiger charge is -2.20. The minimum atomic E-state index is -0.928. The van der Waals surface area contributed by atoms with Crippen molar-refractivity contribution in [1.82, 2.24) is 4.98 Å². The summed E-state index contributed by atoms with van der Waals surface area (Å²) in [6, 6.07) is 19.7. The third-order valence-electron chi connectivity index (χ3n) is 6.17. The van der Waals surface area contributed by atoms with Gasteiger partial charge in [0.1, 0.15) is 12.4 Å². The van der Waals surface area contributed by atoms with E-state index >= 15 is 0 Å². The van der Waals surface area contributed by atoms with E-state index in [4.69, 9.17) is 4.74 Å². The Balaban J connectivity index is 1.48. The van der Waals surface area contributed by atoms with Crippen molar-refractivity contribution in [3.8, 4) is 5.75 Å². The average molecular weight is 504 g/mol. The first-order valence-corrected chi connectivity index (χ1v) is 12.6. The molecule has 2 atom stereocenters. The van der Waals surface area contributed by atoms with Crippen molar-refractivity contribution in [1.29, 1.82) is 0 Å². The second-order valence-corrected chi connectivity index (χ2v) is 9.90. The van der Waals surface area contributed by atoms with Gasteiger partial charge in [0.2, 0.25) is 0 Å². The Morgan fingerprint density at radius 3 is 2.72 bits per heavy atom. The Bertz CT molecular complexity index is 1490. The Morgan fingerprint density at radius 2 is 1.89 bits per heavy atom. The molecule has 1 aromatic heterocycles. The lowest BCUT2D eigenvalue weighted by Crippen LogP contribution is -2.13. The van der Waals surface area contributed by atoms with E-state index in [-0.39, 0.29) is 5.25 Å². The molecular weight excluding hydrogens is 480 g/mol. The molecule has 0 bridgehead atoms. The number of rotatable bonds is 6. The summed E-state index contributed by atoms with van der Waals surface area (Å²) in [6.45, 7) is 2.16. The van der Waals surface area contributed by atoms with Crippen molar-refractivity contribution < 1.29 is 23.4 Å². The molecule has 0 saturated heterocycles. The predicted octanol–water partition coefficient (Wildman–Crippen LogP) is 7.12. The Hall–Kier alpha value is -3.71. The van der Waals surface area contributed by atoms with Crippen LogP contribution in [0.15, 0.2) is 66.7 Å². The molecule has 5 rings (SSSR count). The molecule has 0 saturated carbocycles. The molecule has 0 amide bonds. The zero-order valence-corrected chi connectivity index (χ0v) is 20.3. The van der Waals surface area contributed by atoms with Gasteiger partial charge >= 0.3 is 5.97 Å². The average Bonchev–Trinajstić information content (AvgIpc) is 3.03. The number of pyridine rings is 1. The van der Waals surface area contributed by atoms with Crippen LogP contribution >= 0.6 is 11.8 Å². The predicted molar refractivity (Wildman–Crippen MR) is 139 cm³/mol. The van der Waals surface area contributed by atoms with Crippen LogP contribution in [0.4, 0.5) is 8.78 Å². The molecule has 4 aromatic rings. The number of aromatic nitrogens is 1. The van der Waals surface area contributed by atoms with Gasteiger partial charge in [0, 0.05) is 22.8 Å². The van der Waals surface area contributed by atoms with E-state index in [0.717, 1.165) is 40.1 Å². The van der Waals surface area contributed by atoms with Gasteiger partial charge in [0.25, 0.3) is 0 Å². The highest BCUT2D eigenvalue weighted by atomic mass is 32.2. The summed E-state index contributed by atoms with van der Waals surface area (Å²) in [4.78, 5) is 15.9. The molecule has 2 unspecified atom stereocenters. The first-order chi connectivity index (χ1) is 17.4. The molecule has 7 heteroatoms. The highest BCUT2D eigenvalue weighted by molar-refractivity contribution is 7.99. The fourth-order valence-electron chi connectivity index (χ4n) is 4.15. The minimum Gasteiger partial charge on any atom is -0.489 e. The zero-order chi connectivity index (χ0) is 25.2. The highest BCUT2D eigenvalue weighted by Gasteiger charge is 2.26. The van der Waals surface area contributed by atoms with E-state index in [1.807, 2.05) is 48.6 Å². The molecule has 36 heavy (non-hydrogen) atoms. The first-order valence-electron chi connectivity index (χ1n) is 11.5. The van der Waals surface area contributed by atoms with E-state index in [0.29, 0.717) is 29.0 Å². The fraction of sp³-hybridized carbons (Fsp3) is 0.172. The second kappa shape index (κ2) is 10.1. The van der Waals surface area contributed by atoms with Crippen LogP contribution < -0.4 is 4.74 Å². The Kier molecular flexibility index (Phi) is 6.74. The number of fused-ring (bicyclic) bond motifs is 3.